The van der Waals surface area contributed by atoms with Gasteiger partial charge >= 0.3 is 0 Å². The molecule has 258 valence electrons. The number of para-hydroxylation sites is 2. The fourth-order valence-corrected chi connectivity index (χ4v) is 9.37. The maximum Gasteiger partial charge on any atom is 0.0701 e. The van der Waals surface area contributed by atoms with Crippen LogP contribution >= 0.6 is 0 Å². The smallest absolute Gasteiger partial charge is 0.0701 e. The Hall–Kier alpha value is -5.73. The fraction of sp³-hybridized carbons (Fsp3) is 0.196. The van der Waals surface area contributed by atoms with Crippen molar-refractivity contribution in [2.45, 2.75) is 53.4 Å². The maximum absolute atomic E-state index is 4.62. The Morgan fingerprint density at radius 3 is 2.08 bits per heavy atom. The Morgan fingerprint density at radius 2 is 1.36 bits per heavy atom. The minimum Gasteiger partial charge on any atom is -0.309 e. The van der Waals surface area contributed by atoms with Gasteiger partial charge < -0.3 is 4.57 Å². The van der Waals surface area contributed by atoms with Gasteiger partial charge in [0.05, 0.1) is 16.7 Å². The molecule has 2 nitrogen and oxygen atoms in total. The van der Waals surface area contributed by atoms with Crippen LogP contribution in [0.15, 0.2) is 140 Å². The molecule has 0 amide bonds. The van der Waals surface area contributed by atoms with Crippen LogP contribution in [0.1, 0.15) is 64.5 Å². The molecule has 2 heterocycles. The number of hydrogen-bond acceptors (Lipinski definition) is 1. The maximum atomic E-state index is 4.62. The molecule has 0 radical (unpaired) electrons. The first kappa shape index (κ1) is 32.0. The normalized spacial score (nSPS) is 18.1. The number of aromatic nitrogens is 2. The third kappa shape index (κ3) is 5.03. The molecule has 53 heavy (non-hydrogen) atoms. The zero-order valence-electron chi connectivity index (χ0n) is 31.1. The van der Waals surface area contributed by atoms with Crippen LogP contribution in [0.25, 0.3) is 67.1 Å². The molecule has 0 saturated heterocycles. The lowest BCUT2D eigenvalue weighted by Crippen LogP contribution is -2.55. The van der Waals surface area contributed by atoms with Crippen molar-refractivity contribution in [1.82, 2.24) is 9.55 Å². The molecule has 0 bridgehead atoms. The number of hydrogen-bond donors (Lipinski definition) is 0. The van der Waals surface area contributed by atoms with Gasteiger partial charge in [0.1, 0.15) is 0 Å². The van der Waals surface area contributed by atoms with Gasteiger partial charge in [-0.1, -0.05) is 136 Å². The van der Waals surface area contributed by atoms with E-state index in [-0.39, 0.29) is 10.8 Å². The molecule has 0 N–H and O–H groups in total. The van der Waals surface area contributed by atoms with E-state index in [4.69, 9.17) is 0 Å². The molecule has 0 fully saturated rings. The van der Waals surface area contributed by atoms with E-state index in [0.717, 1.165) is 36.9 Å². The number of rotatable bonds is 4. The van der Waals surface area contributed by atoms with E-state index < -0.39 is 0 Å². The number of allylic oxidation sites excluding steroid dienone is 2. The van der Waals surface area contributed by atoms with Crippen molar-refractivity contribution >= 4 is 50.2 Å². The van der Waals surface area contributed by atoms with Crippen LogP contribution in [0.2, 0.25) is 0 Å². The van der Waals surface area contributed by atoms with Crippen LogP contribution in [0.5, 0.6) is 0 Å². The van der Waals surface area contributed by atoms with Gasteiger partial charge in [-0.15, -0.1) is 0 Å². The van der Waals surface area contributed by atoms with Crippen molar-refractivity contribution in [2.75, 3.05) is 0 Å². The van der Waals surface area contributed by atoms with Gasteiger partial charge in [-0.2, -0.15) is 0 Å². The van der Waals surface area contributed by atoms with Gasteiger partial charge in [0, 0.05) is 28.2 Å². The lowest BCUT2D eigenvalue weighted by Gasteiger charge is -2.43. The summed E-state index contributed by atoms with van der Waals surface area (Å²) in [4.78, 5) is 4.62. The highest BCUT2D eigenvalue weighted by atomic mass is 15.0. The van der Waals surface area contributed by atoms with Gasteiger partial charge in [-0.3, -0.25) is 4.98 Å². The summed E-state index contributed by atoms with van der Waals surface area (Å²) in [5.41, 5.74) is 14.6. The summed E-state index contributed by atoms with van der Waals surface area (Å²) in [6.07, 6.45) is 11.2. The minimum atomic E-state index is 0.106. The quantitative estimate of drug-likeness (QED) is 0.181. The molecular weight excluding hydrogens is 641 g/mol. The lowest BCUT2D eigenvalue weighted by molar-refractivity contribution is 0.190. The molecule has 0 saturated carbocycles. The Morgan fingerprint density at radius 1 is 0.642 bits per heavy atom. The molecule has 1 unspecified atom stereocenters. The second kappa shape index (κ2) is 11.9. The van der Waals surface area contributed by atoms with E-state index in [0.29, 0.717) is 0 Å². The first-order valence-electron chi connectivity index (χ1n) is 19.2. The van der Waals surface area contributed by atoms with Crippen LogP contribution in [0.3, 0.4) is 0 Å². The van der Waals surface area contributed by atoms with E-state index in [1.807, 2.05) is 12.3 Å². The van der Waals surface area contributed by atoms with Crippen molar-refractivity contribution in [3.05, 3.63) is 172 Å². The van der Waals surface area contributed by atoms with Crippen LogP contribution in [-0.2, 0) is 0 Å². The standard InChI is InChI=1S/C51H44N2/c1-50(2,3)51(4)31-36-23-25-43-39(33-19-21-34(22-20-33)45-16-9-10-29-52-45)27-28-40(44-26-24-37(32-51)48(36)49(43)44)35-12-11-13-38(30-35)53-46-17-7-5-14-41(46)42-15-6-8-18-47(42)53/h5-23,25,28-31H,24,26-27,32H2,1-4H3. The van der Waals surface area contributed by atoms with Crippen molar-refractivity contribution in [1.29, 1.82) is 0 Å². The largest absolute Gasteiger partial charge is 0.309 e. The van der Waals surface area contributed by atoms with Gasteiger partial charge in [0.25, 0.3) is 0 Å². The van der Waals surface area contributed by atoms with Gasteiger partial charge in [0.15, 0.2) is 0 Å². The van der Waals surface area contributed by atoms with E-state index >= 15 is 0 Å². The zero-order valence-corrected chi connectivity index (χ0v) is 31.1. The summed E-state index contributed by atoms with van der Waals surface area (Å²) in [5, 5.41) is 8.34. The Bertz CT molecular complexity index is 2860. The monoisotopic (exact) mass is 684 g/mol. The number of fused-ring (bicyclic) bond motifs is 3. The molecule has 0 aliphatic heterocycles. The minimum absolute atomic E-state index is 0.106. The average molecular weight is 685 g/mol. The summed E-state index contributed by atoms with van der Waals surface area (Å²) in [7, 11) is 0. The van der Waals surface area contributed by atoms with Gasteiger partial charge in [0.2, 0.25) is 0 Å². The van der Waals surface area contributed by atoms with E-state index in [1.165, 1.54) is 76.2 Å². The lowest BCUT2D eigenvalue weighted by atomic mass is 9.61. The van der Waals surface area contributed by atoms with E-state index in [9.17, 15) is 0 Å². The SMILES string of the molecule is CC(C)(C)C1(C)C=c2ccc3c4c2=C(CCC=4C(c2cccc(-n4c5ccccc5c5ccccc54)c2)=CCC=3c2ccc(-c3ccccn3)cc2)C1. The predicted molar refractivity (Wildman–Crippen MR) is 223 cm³/mol. The van der Waals surface area contributed by atoms with Crippen LogP contribution in [0.4, 0.5) is 0 Å². The molecule has 3 aliphatic rings. The zero-order chi connectivity index (χ0) is 35.9. The summed E-state index contributed by atoms with van der Waals surface area (Å²) < 4.78 is 2.45. The number of pyridine rings is 1. The predicted octanol–water partition coefficient (Wildman–Crippen LogP) is 9.86. The van der Waals surface area contributed by atoms with Crippen LogP contribution < -0.4 is 20.9 Å². The summed E-state index contributed by atoms with van der Waals surface area (Å²) in [6, 6.07) is 47.0. The van der Waals surface area contributed by atoms with Gasteiger partial charge in [-0.05, 0) is 122 Å². The molecular formula is C51H44N2. The Kier molecular flexibility index (Phi) is 7.18. The summed E-state index contributed by atoms with van der Waals surface area (Å²) in [5.74, 6) is 0. The molecule has 2 heteroatoms. The average Bonchev–Trinajstić information content (AvgIpc) is 3.41. The number of benzene rings is 5. The summed E-state index contributed by atoms with van der Waals surface area (Å²) >= 11 is 0. The van der Waals surface area contributed by atoms with Crippen LogP contribution in [0, 0.1) is 10.8 Å². The first-order chi connectivity index (χ1) is 25.8. The second-order valence-electron chi connectivity index (χ2n) is 16.5. The Balaban J connectivity index is 1.21. The van der Waals surface area contributed by atoms with E-state index in [2.05, 4.69) is 171 Å². The Labute approximate surface area is 311 Å². The highest BCUT2D eigenvalue weighted by Crippen LogP contribution is 2.47. The van der Waals surface area contributed by atoms with Crippen molar-refractivity contribution < 1.29 is 0 Å². The topological polar surface area (TPSA) is 17.8 Å². The van der Waals surface area contributed by atoms with Crippen molar-refractivity contribution in [3.63, 3.8) is 0 Å². The molecule has 5 aromatic carbocycles. The third-order valence-corrected chi connectivity index (χ3v) is 12.7. The molecule has 1 atom stereocenters. The van der Waals surface area contributed by atoms with Crippen LogP contribution in [-0.4, -0.2) is 9.55 Å². The summed E-state index contributed by atoms with van der Waals surface area (Å²) in [6.45, 7) is 9.69. The molecule has 3 aliphatic carbocycles. The molecule has 2 aromatic heterocycles. The molecule has 7 aromatic rings. The van der Waals surface area contributed by atoms with Crippen molar-refractivity contribution in [2.24, 2.45) is 10.8 Å². The highest BCUT2D eigenvalue weighted by Gasteiger charge is 2.38. The molecule has 0 spiro atoms. The van der Waals surface area contributed by atoms with Crippen molar-refractivity contribution in [3.8, 4) is 16.9 Å². The van der Waals surface area contributed by atoms with E-state index in [1.54, 1.807) is 5.57 Å². The van der Waals surface area contributed by atoms with Gasteiger partial charge in [-0.25, -0.2) is 0 Å². The number of nitrogens with zero attached hydrogens (tertiary/aromatic N) is 2. The fourth-order valence-electron chi connectivity index (χ4n) is 9.37. The first-order valence-corrected chi connectivity index (χ1v) is 19.2. The highest BCUT2D eigenvalue weighted by molar-refractivity contribution is 6.09. The molecule has 10 rings (SSSR count). The second-order valence-corrected chi connectivity index (χ2v) is 16.5. The third-order valence-electron chi connectivity index (χ3n) is 12.7.